The molecular formula is C10H10ClN3O. The van der Waals surface area contributed by atoms with Gasteiger partial charge in [-0.25, -0.2) is 9.67 Å². The molecular weight excluding hydrogens is 214 g/mol. The first kappa shape index (κ1) is 10.1. The van der Waals surface area contributed by atoms with Gasteiger partial charge in [0.15, 0.2) is 5.82 Å². The fourth-order valence-electron chi connectivity index (χ4n) is 1.30. The van der Waals surface area contributed by atoms with Gasteiger partial charge in [-0.05, 0) is 18.6 Å². The molecule has 0 spiro atoms. The minimum atomic E-state index is -0.00102. The Balaban J connectivity index is 2.42. The SMILES string of the molecule is Cc1nc(-n2cc(Cl)cn2)ccc1CO. The van der Waals surface area contributed by atoms with E-state index in [4.69, 9.17) is 16.7 Å². The van der Waals surface area contributed by atoms with E-state index in [1.807, 2.05) is 13.0 Å². The summed E-state index contributed by atoms with van der Waals surface area (Å²) in [4.78, 5) is 4.31. The molecule has 5 heteroatoms. The van der Waals surface area contributed by atoms with Gasteiger partial charge in [-0.15, -0.1) is 0 Å². The van der Waals surface area contributed by atoms with Crippen LogP contribution in [0.2, 0.25) is 5.02 Å². The summed E-state index contributed by atoms with van der Waals surface area (Å²) in [5.41, 5.74) is 1.61. The van der Waals surface area contributed by atoms with Crippen LogP contribution in [0.5, 0.6) is 0 Å². The molecule has 2 aromatic heterocycles. The zero-order valence-corrected chi connectivity index (χ0v) is 8.94. The number of nitrogens with zero attached hydrogens (tertiary/aromatic N) is 3. The van der Waals surface area contributed by atoms with E-state index < -0.39 is 0 Å². The predicted molar refractivity (Wildman–Crippen MR) is 57.0 cm³/mol. The summed E-state index contributed by atoms with van der Waals surface area (Å²) in [7, 11) is 0. The lowest BCUT2D eigenvalue weighted by Crippen LogP contribution is -2.01. The molecule has 0 saturated carbocycles. The Morgan fingerprint density at radius 3 is 2.80 bits per heavy atom. The number of halogens is 1. The summed E-state index contributed by atoms with van der Waals surface area (Å²) < 4.78 is 1.59. The number of rotatable bonds is 2. The maximum absolute atomic E-state index is 9.00. The lowest BCUT2D eigenvalue weighted by Gasteiger charge is -2.04. The summed E-state index contributed by atoms with van der Waals surface area (Å²) >= 11 is 5.76. The summed E-state index contributed by atoms with van der Waals surface area (Å²) in [6, 6.07) is 3.62. The summed E-state index contributed by atoms with van der Waals surface area (Å²) in [5.74, 6) is 0.691. The van der Waals surface area contributed by atoms with Gasteiger partial charge in [0.25, 0.3) is 0 Å². The molecule has 78 valence electrons. The zero-order chi connectivity index (χ0) is 10.8. The Kier molecular flexibility index (Phi) is 2.70. The van der Waals surface area contributed by atoms with Crippen molar-refractivity contribution >= 4 is 11.6 Å². The minimum absolute atomic E-state index is 0.00102. The van der Waals surface area contributed by atoms with Crippen molar-refractivity contribution in [1.29, 1.82) is 0 Å². The van der Waals surface area contributed by atoms with Crippen molar-refractivity contribution in [3.8, 4) is 5.82 Å². The number of aryl methyl sites for hydroxylation is 1. The monoisotopic (exact) mass is 223 g/mol. The standard InChI is InChI=1S/C10H10ClN3O/c1-7-8(6-15)2-3-10(13-7)14-5-9(11)4-12-14/h2-5,15H,6H2,1H3. The topological polar surface area (TPSA) is 50.9 Å². The molecule has 2 rings (SSSR count). The Morgan fingerprint density at radius 1 is 1.47 bits per heavy atom. The van der Waals surface area contributed by atoms with E-state index in [1.54, 1.807) is 23.1 Å². The van der Waals surface area contributed by atoms with Gasteiger partial charge in [0, 0.05) is 5.69 Å². The van der Waals surface area contributed by atoms with E-state index in [0.717, 1.165) is 11.3 Å². The number of aliphatic hydroxyl groups is 1. The second-order valence-electron chi connectivity index (χ2n) is 3.18. The smallest absolute Gasteiger partial charge is 0.153 e. The highest BCUT2D eigenvalue weighted by molar-refractivity contribution is 6.30. The number of hydrogen-bond donors (Lipinski definition) is 1. The molecule has 2 aromatic rings. The third-order valence-electron chi connectivity index (χ3n) is 2.14. The number of aromatic nitrogens is 3. The van der Waals surface area contributed by atoms with Crippen LogP contribution in [0.3, 0.4) is 0 Å². The molecule has 0 amide bonds. The van der Waals surface area contributed by atoms with Gasteiger partial charge in [0.1, 0.15) is 0 Å². The molecule has 1 N–H and O–H groups in total. The fraction of sp³-hybridized carbons (Fsp3) is 0.200. The minimum Gasteiger partial charge on any atom is -0.392 e. The van der Waals surface area contributed by atoms with Gasteiger partial charge in [-0.1, -0.05) is 17.7 Å². The molecule has 0 aliphatic carbocycles. The van der Waals surface area contributed by atoms with Gasteiger partial charge < -0.3 is 5.11 Å². The number of hydrogen-bond acceptors (Lipinski definition) is 3. The predicted octanol–water partition coefficient (Wildman–Crippen LogP) is 1.72. The summed E-state index contributed by atoms with van der Waals surface area (Å²) in [5, 5.41) is 13.6. The quantitative estimate of drug-likeness (QED) is 0.844. The number of aliphatic hydroxyl groups excluding tert-OH is 1. The van der Waals surface area contributed by atoms with Crippen molar-refractivity contribution in [1.82, 2.24) is 14.8 Å². The molecule has 0 unspecified atom stereocenters. The van der Waals surface area contributed by atoms with Crippen molar-refractivity contribution in [2.75, 3.05) is 0 Å². The average Bonchev–Trinajstić information content (AvgIpc) is 2.65. The van der Waals surface area contributed by atoms with E-state index in [9.17, 15) is 0 Å². The zero-order valence-electron chi connectivity index (χ0n) is 8.18. The van der Waals surface area contributed by atoms with Gasteiger partial charge >= 0.3 is 0 Å². The Morgan fingerprint density at radius 2 is 2.27 bits per heavy atom. The van der Waals surface area contributed by atoms with Crippen LogP contribution in [0.15, 0.2) is 24.5 Å². The van der Waals surface area contributed by atoms with Crippen LogP contribution in [0.25, 0.3) is 5.82 Å². The molecule has 4 nitrogen and oxygen atoms in total. The van der Waals surface area contributed by atoms with Gasteiger partial charge in [0.05, 0.1) is 24.0 Å². The molecule has 0 atom stereocenters. The second kappa shape index (κ2) is 4.00. The molecule has 0 radical (unpaired) electrons. The van der Waals surface area contributed by atoms with Crippen LogP contribution < -0.4 is 0 Å². The van der Waals surface area contributed by atoms with E-state index in [2.05, 4.69) is 10.1 Å². The first-order valence-electron chi connectivity index (χ1n) is 4.48. The Hall–Kier alpha value is -1.39. The highest BCUT2D eigenvalue weighted by Gasteiger charge is 2.03. The van der Waals surface area contributed by atoms with Crippen LogP contribution in [0.1, 0.15) is 11.3 Å². The van der Waals surface area contributed by atoms with Crippen molar-refractivity contribution in [3.05, 3.63) is 40.8 Å². The van der Waals surface area contributed by atoms with Crippen LogP contribution >= 0.6 is 11.6 Å². The lowest BCUT2D eigenvalue weighted by molar-refractivity contribution is 0.280. The van der Waals surface area contributed by atoms with Gasteiger partial charge in [-0.3, -0.25) is 0 Å². The number of pyridine rings is 1. The summed E-state index contributed by atoms with van der Waals surface area (Å²) in [6.07, 6.45) is 3.24. The summed E-state index contributed by atoms with van der Waals surface area (Å²) in [6.45, 7) is 1.85. The highest BCUT2D eigenvalue weighted by Crippen LogP contribution is 2.12. The van der Waals surface area contributed by atoms with Crippen molar-refractivity contribution in [3.63, 3.8) is 0 Å². The molecule has 0 aliphatic heterocycles. The first-order chi connectivity index (χ1) is 7.20. The molecule has 0 fully saturated rings. The third-order valence-corrected chi connectivity index (χ3v) is 2.33. The van der Waals surface area contributed by atoms with E-state index in [-0.39, 0.29) is 6.61 Å². The van der Waals surface area contributed by atoms with E-state index in [1.165, 1.54) is 0 Å². The molecule has 15 heavy (non-hydrogen) atoms. The van der Waals surface area contributed by atoms with Gasteiger partial charge in [-0.2, -0.15) is 5.10 Å². The highest BCUT2D eigenvalue weighted by atomic mass is 35.5. The maximum atomic E-state index is 9.00. The largest absolute Gasteiger partial charge is 0.392 e. The van der Waals surface area contributed by atoms with Gasteiger partial charge in [0.2, 0.25) is 0 Å². The van der Waals surface area contributed by atoms with Crippen LogP contribution in [0.4, 0.5) is 0 Å². The Bertz CT molecular complexity index is 481. The van der Waals surface area contributed by atoms with Crippen molar-refractivity contribution < 1.29 is 5.11 Å². The maximum Gasteiger partial charge on any atom is 0.153 e. The molecule has 0 aliphatic rings. The lowest BCUT2D eigenvalue weighted by atomic mass is 10.2. The fourth-order valence-corrected chi connectivity index (χ4v) is 1.43. The van der Waals surface area contributed by atoms with Crippen molar-refractivity contribution in [2.45, 2.75) is 13.5 Å². The average molecular weight is 224 g/mol. The van der Waals surface area contributed by atoms with E-state index in [0.29, 0.717) is 10.8 Å². The molecule has 0 bridgehead atoms. The molecule has 0 aromatic carbocycles. The second-order valence-corrected chi connectivity index (χ2v) is 3.61. The normalized spacial score (nSPS) is 10.6. The Labute approximate surface area is 92.1 Å². The molecule has 0 saturated heterocycles. The van der Waals surface area contributed by atoms with Crippen LogP contribution in [-0.2, 0) is 6.61 Å². The first-order valence-corrected chi connectivity index (χ1v) is 4.86. The van der Waals surface area contributed by atoms with Crippen LogP contribution in [0, 0.1) is 6.92 Å². The molecule has 2 heterocycles. The van der Waals surface area contributed by atoms with Crippen LogP contribution in [-0.4, -0.2) is 19.9 Å². The van der Waals surface area contributed by atoms with E-state index >= 15 is 0 Å². The van der Waals surface area contributed by atoms with Crippen molar-refractivity contribution in [2.24, 2.45) is 0 Å². The third kappa shape index (κ3) is 2.00.